The van der Waals surface area contributed by atoms with Gasteiger partial charge in [0.1, 0.15) is 0 Å². The Balaban J connectivity index is 1.75. The molecule has 88 valence electrons. The van der Waals surface area contributed by atoms with Crippen molar-refractivity contribution in [2.75, 3.05) is 0 Å². The molecule has 2 aromatic rings. The minimum atomic E-state index is 0.445. The number of hydrogen-bond acceptors (Lipinski definition) is 2. The van der Waals surface area contributed by atoms with Crippen LogP contribution in [0.1, 0.15) is 32.1 Å². The number of pyridine rings is 1. The summed E-state index contributed by atoms with van der Waals surface area (Å²) in [7, 11) is 0. The highest BCUT2D eigenvalue weighted by Crippen LogP contribution is 2.38. The minimum Gasteiger partial charge on any atom is -0.265 e. The Labute approximate surface area is 114 Å². The molecule has 0 fully saturated rings. The summed E-state index contributed by atoms with van der Waals surface area (Å²) in [4.78, 5) is 7.59. The van der Waals surface area contributed by atoms with Crippen LogP contribution in [0.4, 0.5) is 0 Å². The van der Waals surface area contributed by atoms with Gasteiger partial charge in [-0.1, -0.05) is 15.9 Å². The van der Waals surface area contributed by atoms with Gasteiger partial charge in [0.2, 0.25) is 0 Å². The van der Waals surface area contributed by atoms with Crippen LogP contribution in [-0.4, -0.2) is 4.98 Å². The Morgan fingerprint density at radius 2 is 2.12 bits per heavy atom. The van der Waals surface area contributed by atoms with Crippen LogP contribution >= 0.6 is 27.3 Å². The van der Waals surface area contributed by atoms with Crippen LogP contribution < -0.4 is 0 Å². The maximum absolute atomic E-state index is 4.05. The van der Waals surface area contributed by atoms with Gasteiger partial charge >= 0.3 is 0 Å². The molecule has 1 nitrogen and oxygen atoms in total. The van der Waals surface area contributed by atoms with Crippen molar-refractivity contribution >= 4 is 27.3 Å². The molecule has 0 radical (unpaired) electrons. The van der Waals surface area contributed by atoms with Crippen molar-refractivity contribution in [3.05, 3.63) is 51.5 Å². The minimum absolute atomic E-state index is 0.445. The molecule has 2 heterocycles. The number of halogens is 1. The summed E-state index contributed by atoms with van der Waals surface area (Å²) < 4.78 is 0. The SMILES string of the molecule is BrC(Cc1ccncc1)c1cc2c(s1)CCC2. The third kappa shape index (κ3) is 2.45. The lowest BCUT2D eigenvalue weighted by atomic mass is 10.1. The van der Waals surface area contributed by atoms with Crippen molar-refractivity contribution in [2.24, 2.45) is 0 Å². The van der Waals surface area contributed by atoms with Gasteiger partial charge in [-0.25, -0.2) is 0 Å². The summed E-state index contributed by atoms with van der Waals surface area (Å²) in [6.07, 6.45) is 8.68. The molecule has 0 spiro atoms. The Morgan fingerprint density at radius 1 is 1.29 bits per heavy atom. The molecule has 1 aliphatic rings. The van der Waals surface area contributed by atoms with Crippen molar-refractivity contribution in [1.29, 1.82) is 0 Å². The molecule has 3 rings (SSSR count). The molecule has 0 saturated carbocycles. The normalized spacial score (nSPS) is 15.8. The Hall–Kier alpha value is -0.670. The van der Waals surface area contributed by atoms with Gasteiger partial charge in [-0.3, -0.25) is 4.98 Å². The van der Waals surface area contributed by atoms with Crippen molar-refractivity contribution in [3.63, 3.8) is 0 Å². The smallest absolute Gasteiger partial charge is 0.0529 e. The fourth-order valence-corrected chi connectivity index (χ4v) is 4.35. The van der Waals surface area contributed by atoms with Gasteiger partial charge in [-0.15, -0.1) is 11.3 Å². The molecular weight excluding hydrogens is 294 g/mol. The van der Waals surface area contributed by atoms with Gasteiger partial charge < -0.3 is 0 Å². The first-order chi connectivity index (χ1) is 8.33. The molecule has 0 aromatic carbocycles. The first-order valence-corrected chi connectivity index (χ1v) is 7.70. The second kappa shape index (κ2) is 4.91. The van der Waals surface area contributed by atoms with E-state index in [1.165, 1.54) is 29.7 Å². The van der Waals surface area contributed by atoms with E-state index in [1.54, 1.807) is 10.4 Å². The van der Waals surface area contributed by atoms with E-state index in [0.717, 1.165) is 6.42 Å². The lowest BCUT2D eigenvalue weighted by Crippen LogP contribution is -1.93. The van der Waals surface area contributed by atoms with Gasteiger partial charge in [-0.05, 0) is 55.0 Å². The highest BCUT2D eigenvalue weighted by Gasteiger charge is 2.18. The standard InChI is InChI=1S/C14H14BrNS/c15-12(8-10-4-6-16-7-5-10)14-9-11-2-1-3-13(11)17-14/h4-7,9,12H,1-3,8H2. The van der Waals surface area contributed by atoms with E-state index in [-0.39, 0.29) is 0 Å². The molecule has 0 amide bonds. The summed E-state index contributed by atoms with van der Waals surface area (Å²) in [5.74, 6) is 0. The molecular formula is C14H14BrNS. The van der Waals surface area contributed by atoms with Crippen LogP contribution in [0.15, 0.2) is 30.6 Å². The number of aromatic nitrogens is 1. The van der Waals surface area contributed by atoms with Crippen molar-refractivity contribution in [2.45, 2.75) is 30.5 Å². The summed E-state index contributed by atoms with van der Waals surface area (Å²) in [5, 5.41) is 0. The fourth-order valence-electron chi connectivity index (χ4n) is 2.33. The average molecular weight is 308 g/mol. The van der Waals surface area contributed by atoms with Gasteiger partial charge in [0.05, 0.1) is 4.83 Å². The first-order valence-electron chi connectivity index (χ1n) is 5.97. The summed E-state index contributed by atoms with van der Waals surface area (Å²) in [6.45, 7) is 0. The Kier molecular flexibility index (Phi) is 3.30. The predicted molar refractivity (Wildman–Crippen MR) is 76.0 cm³/mol. The zero-order valence-corrected chi connectivity index (χ0v) is 11.9. The molecule has 2 aromatic heterocycles. The number of thiophene rings is 1. The van der Waals surface area contributed by atoms with Gasteiger partial charge in [0.15, 0.2) is 0 Å². The van der Waals surface area contributed by atoms with Crippen LogP contribution in [0, 0.1) is 0 Å². The Morgan fingerprint density at radius 3 is 2.88 bits per heavy atom. The number of hydrogen-bond donors (Lipinski definition) is 0. The largest absolute Gasteiger partial charge is 0.265 e. The lowest BCUT2D eigenvalue weighted by Gasteiger charge is -2.07. The van der Waals surface area contributed by atoms with E-state index in [1.807, 2.05) is 23.7 Å². The molecule has 1 unspecified atom stereocenters. The van der Waals surface area contributed by atoms with Crippen LogP contribution in [0.2, 0.25) is 0 Å². The van der Waals surface area contributed by atoms with Crippen molar-refractivity contribution in [1.82, 2.24) is 4.98 Å². The number of aryl methyl sites for hydroxylation is 2. The molecule has 0 N–H and O–H groups in total. The van der Waals surface area contributed by atoms with Gasteiger partial charge in [0, 0.05) is 22.1 Å². The molecule has 1 atom stereocenters. The Bertz CT molecular complexity index is 485. The number of rotatable bonds is 3. The van der Waals surface area contributed by atoms with E-state index in [2.05, 4.69) is 39.1 Å². The first kappa shape index (κ1) is 11.4. The molecule has 0 aliphatic heterocycles. The molecule has 0 bridgehead atoms. The third-order valence-electron chi connectivity index (χ3n) is 3.24. The van der Waals surface area contributed by atoms with Gasteiger partial charge in [0.25, 0.3) is 0 Å². The molecule has 1 aliphatic carbocycles. The topological polar surface area (TPSA) is 12.9 Å². The van der Waals surface area contributed by atoms with E-state index in [9.17, 15) is 0 Å². The van der Waals surface area contributed by atoms with Gasteiger partial charge in [-0.2, -0.15) is 0 Å². The summed E-state index contributed by atoms with van der Waals surface area (Å²) in [5.41, 5.74) is 2.93. The second-order valence-corrected chi connectivity index (χ2v) is 6.75. The van der Waals surface area contributed by atoms with Crippen LogP contribution in [-0.2, 0) is 19.3 Å². The van der Waals surface area contributed by atoms with Crippen LogP contribution in [0.25, 0.3) is 0 Å². The summed E-state index contributed by atoms with van der Waals surface area (Å²) in [6, 6.07) is 6.58. The quantitative estimate of drug-likeness (QED) is 0.770. The molecule has 3 heteroatoms. The number of nitrogens with zero attached hydrogens (tertiary/aromatic N) is 1. The summed E-state index contributed by atoms with van der Waals surface area (Å²) >= 11 is 5.80. The number of fused-ring (bicyclic) bond motifs is 1. The molecule has 0 saturated heterocycles. The number of alkyl halides is 1. The third-order valence-corrected chi connectivity index (χ3v) is 5.71. The zero-order chi connectivity index (χ0) is 11.7. The second-order valence-electron chi connectivity index (χ2n) is 4.48. The van der Waals surface area contributed by atoms with E-state index >= 15 is 0 Å². The maximum atomic E-state index is 4.05. The predicted octanol–water partition coefficient (Wildman–Crippen LogP) is 4.31. The fraction of sp³-hybridized carbons (Fsp3) is 0.357. The zero-order valence-electron chi connectivity index (χ0n) is 9.53. The van der Waals surface area contributed by atoms with E-state index < -0.39 is 0 Å². The lowest BCUT2D eigenvalue weighted by molar-refractivity contribution is 0.909. The monoisotopic (exact) mass is 307 g/mol. The van der Waals surface area contributed by atoms with Crippen molar-refractivity contribution in [3.8, 4) is 0 Å². The van der Waals surface area contributed by atoms with Crippen LogP contribution in [0.5, 0.6) is 0 Å². The molecule has 17 heavy (non-hydrogen) atoms. The van der Waals surface area contributed by atoms with Crippen LogP contribution in [0.3, 0.4) is 0 Å². The highest BCUT2D eigenvalue weighted by molar-refractivity contribution is 9.09. The highest BCUT2D eigenvalue weighted by atomic mass is 79.9. The van der Waals surface area contributed by atoms with E-state index in [4.69, 9.17) is 0 Å². The van der Waals surface area contributed by atoms with E-state index in [0.29, 0.717) is 4.83 Å². The van der Waals surface area contributed by atoms with Crippen molar-refractivity contribution < 1.29 is 0 Å². The maximum Gasteiger partial charge on any atom is 0.0529 e. The average Bonchev–Trinajstić information content (AvgIpc) is 2.90.